The molecule has 8 aromatic carbocycles. The van der Waals surface area contributed by atoms with Crippen LogP contribution in [0.1, 0.15) is 64.1 Å². The first kappa shape index (κ1) is 40.8. The summed E-state index contributed by atoms with van der Waals surface area (Å²) >= 11 is -6.40. The van der Waals surface area contributed by atoms with Crippen LogP contribution >= 0.6 is 0 Å². The van der Waals surface area contributed by atoms with E-state index in [1.807, 2.05) is 206 Å². The topological polar surface area (TPSA) is 52.6 Å². The van der Waals surface area contributed by atoms with E-state index < -0.39 is 46.8 Å². The van der Waals surface area contributed by atoms with Gasteiger partial charge in [0.15, 0.2) is 0 Å². The molecule has 10 rings (SSSR count). The number of rotatable bonds is 12. The Bertz CT molecular complexity index is 2680. The Labute approximate surface area is 376 Å². The molecule has 2 aliphatic rings. The van der Waals surface area contributed by atoms with E-state index in [0.717, 1.165) is 22.3 Å². The summed E-state index contributed by atoms with van der Waals surface area (Å²) in [6.07, 6.45) is 8.24. The minimum absolute atomic E-state index is 0.573. The van der Waals surface area contributed by atoms with Gasteiger partial charge in [0.25, 0.3) is 0 Å². The Morgan fingerprint density at radius 1 is 0.359 bits per heavy atom. The minimum atomic E-state index is -6.40. The summed E-state index contributed by atoms with van der Waals surface area (Å²) in [7, 11) is 0. The van der Waals surface area contributed by atoms with E-state index in [9.17, 15) is 0 Å². The zero-order valence-electron chi connectivity index (χ0n) is 35.2. The average Bonchev–Trinajstić information content (AvgIpc) is 4.01. The number of carbonyl (C=O) groups is 2. The fourth-order valence-corrected chi connectivity index (χ4v) is 18.1. The van der Waals surface area contributed by atoms with Gasteiger partial charge in [0, 0.05) is 0 Å². The van der Waals surface area contributed by atoms with Crippen molar-refractivity contribution in [2.24, 2.45) is 0 Å². The molecule has 0 aromatic heterocycles. The Kier molecular flexibility index (Phi) is 10.5. The summed E-state index contributed by atoms with van der Waals surface area (Å²) in [5.74, 6) is -1.15. The monoisotopic (exact) mass is 866 g/mol. The van der Waals surface area contributed by atoms with Crippen LogP contribution < -0.4 is 0 Å². The van der Waals surface area contributed by atoms with Gasteiger partial charge in [-0.25, -0.2) is 0 Å². The number of benzene rings is 8. The van der Waals surface area contributed by atoms with Crippen LogP contribution in [0.25, 0.3) is 12.2 Å². The van der Waals surface area contributed by atoms with Crippen molar-refractivity contribution in [3.05, 3.63) is 298 Å². The van der Waals surface area contributed by atoms with E-state index in [0.29, 0.717) is 33.4 Å². The molecule has 310 valence electrons. The average molecular weight is 867 g/mol. The predicted molar refractivity (Wildman–Crippen MR) is 254 cm³/mol. The van der Waals surface area contributed by atoms with E-state index in [4.69, 9.17) is 11.5 Å². The third kappa shape index (κ3) is 6.44. The summed E-state index contributed by atoms with van der Waals surface area (Å²) in [5, 5.41) is 0. The second-order valence-electron chi connectivity index (χ2n) is 16.8. The second-order valence-corrected chi connectivity index (χ2v) is 23.8. The molecule has 0 heterocycles. The quantitative estimate of drug-likeness (QED) is 0.0907. The van der Waals surface area contributed by atoms with Crippen molar-refractivity contribution in [3.63, 3.8) is 0 Å². The van der Waals surface area contributed by atoms with Gasteiger partial charge in [-0.05, 0) is 0 Å². The van der Waals surface area contributed by atoms with E-state index in [2.05, 4.69) is 48.6 Å². The maximum absolute atomic E-state index is 16.8. The molecule has 0 N–H and O–H groups in total. The molecular formula is C59H46O4Ti. The molecule has 0 radical (unpaired) electrons. The van der Waals surface area contributed by atoms with Crippen molar-refractivity contribution in [1.29, 1.82) is 0 Å². The van der Waals surface area contributed by atoms with Crippen molar-refractivity contribution in [2.45, 2.75) is 19.3 Å². The first-order valence-electron chi connectivity index (χ1n) is 21.8. The number of hydrogen-bond acceptors (Lipinski definition) is 4. The van der Waals surface area contributed by atoms with Gasteiger partial charge in [-0.1, -0.05) is 0 Å². The standard InChI is InChI=1S/2C20H16O2.2C9H7.CH2.Ti/c2*21-19(22)20(16-10-4-1-5-11-16,17-12-6-2-7-13-17)18-14-8-3-9-15-18;2*1-2-5-9-7-3-6-8(9)4-1;;/h2*1-15H,(H,21,22);2*1-7H;1H2;/q;;;;;+2/p-2. The molecule has 8 aromatic rings. The molecule has 0 saturated heterocycles. The van der Waals surface area contributed by atoms with Crippen LogP contribution in [0.4, 0.5) is 0 Å². The fourth-order valence-electron chi connectivity index (χ4n) is 10.4. The Hall–Kier alpha value is -7.24. The summed E-state index contributed by atoms with van der Waals surface area (Å²) < 4.78 is 14.2. The van der Waals surface area contributed by atoms with Gasteiger partial charge < -0.3 is 0 Å². The van der Waals surface area contributed by atoms with Gasteiger partial charge >= 0.3 is 378 Å². The molecule has 0 bridgehead atoms. The van der Waals surface area contributed by atoms with E-state index >= 15 is 9.59 Å². The van der Waals surface area contributed by atoms with Crippen LogP contribution in [0.2, 0.25) is 0 Å². The van der Waals surface area contributed by atoms with Crippen molar-refractivity contribution in [3.8, 4) is 0 Å². The maximum atomic E-state index is 16.8. The molecule has 2 aliphatic carbocycles. The van der Waals surface area contributed by atoms with Crippen LogP contribution in [0, 0.1) is 0 Å². The van der Waals surface area contributed by atoms with Gasteiger partial charge in [0.05, 0.1) is 0 Å². The van der Waals surface area contributed by atoms with Crippen LogP contribution in [-0.2, 0) is 42.7 Å². The normalized spacial score (nSPS) is 15.5. The molecule has 0 amide bonds. The van der Waals surface area contributed by atoms with Crippen molar-refractivity contribution < 1.29 is 31.8 Å². The van der Waals surface area contributed by atoms with Crippen molar-refractivity contribution in [2.75, 3.05) is 0 Å². The van der Waals surface area contributed by atoms with Crippen LogP contribution in [0.5, 0.6) is 0 Å². The summed E-state index contributed by atoms with van der Waals surface area (Å²) in [4.78, 5) is 39.0. The van der Waals surface area contributed by atoms with E-state index in [1.54, 1.807) is 0 Å². The first-order valence-corrected chi connectivity index (χ1v) is 25.9. The molecule has 0 spiro atoms. The first-order chi connectivity index (χ1) is 31.4. The van der Waals surface area contributed by atoms with Gasteiger partial charge in [0.2, 0.25) is 0 Å². The van der Waals surface area contributed by atoms with Crippen molar-refractivity contribution in [1.82, 2.24) is 0 Å². The Morgan fingerprint density at radius 3 is 0.859 bits per heavy atom. The van der Waals surface area contributed by atoms with Gasteiger partial charge in [-0.3, -0.25) is 0 Å². The van der Waals surface area contributed by atoms with Crippen LogP contribution in [0.3, 0.4) is 0 Å². The molecule has 4 nitrogen and oxygen atoms in total. The molecule has 0 saturated carbocycles. The third-order valence-electron chi connectivity index (χ3n) is 13.4. The Balaban J connectivity index is 1.31. The number of hydrogen-bond donors (Lipinski definition) is 0. The number of carbonyl (C=O) groups excluding carboxylic acids is 2. The number of fused-ring (bicyclic) bond motifs is 2. The third-order valence-corrected chi connectivity index (χ3v) is 21.1. The van der Waals surface area contributed by atoms with Gasteiger partial charge in [-0.15, -0.1) is 0 Å². The van der Waals surface area contributed by atoms with Gasteiger partial charge in [-0.2, -0.15) is 0 Å². The molecule has 2 atom stereocenters. The van der Waals surface area contributed by atoms with E-state index in [-0.39, 0.29) is 0 Å². The molecule has 0 aliphatic heterocycles. The molecular weight excluding hydrogens is 821 g/mol. The zero-order chi connectivity index (χ0) is 43.6. The summed E-state index contributed by atoms with van der Waals surface area (Å²) in [6.45, 7) is 0. The molecule has 5 heteroatoms. The second kappa shape index (κ2) is 16.5. The fraction of sp³-hybridized carbons (Fsp3) is 0.0678. The van der Waals surface area contributed by atoms with Gasteiger partial charge in [0.1, 0.15) is 0 Å². The SMILES string of the molecule is [CH2]=[Ti]([O]C(=O)C(c1ccccc1)(c1ccccc1)c1ccccc1)([O]C(=O)C(c1ccccc1)(c1ccccc1)c1ccccc1)([CH]1C=Cc2ccccc21)[CH]1C=Cc2ccccc21. The summed E-state index contributed by atoms with van der Waals surface area (Å²) in [5.41, 5.74) is 4.91. The number of allylic oxidation sites excluding steroid dienone is 2. The van der Waals surface area contributed by atoms with Crippen molar-refractivity contribution >= 4 is 28.9 Å². The molecule has 2 unspecified atom stereocenters. The van der Waals surface area contributed by atoms with E-state index in [1.165, 1.54) is 0 Å². The molecule has 64 heavy (non-hydrogen) atoms. The van der Waals surface area contributed by atoms with Crippen LogP contribution in [-0.4, -0.2) is 16.8 Å². The van der Waals surface area contributed by atoms with Crippen LogP contribution in [0.15, 0.2) is 243 Å². The summed E-state index contributed by atoms with van der Waals surface area (Å²) in [6, 6.07) is 74.8. The predicted octanol–water partition coefficient (Wildman–Crippen LogP) is 12.6. The Morgan fingerprint density at radius 2 is 0.594 bits per heavy atom. The zero-order valence-corrected chi connectivity index (χ0v) is 36.8. The molecule has 0 fully saturated rings.